The molecule has 3 aromatic rings. The molecule has 34 heavy (non-hydrogen) atoms. The van der Waals surface area contributed by atoms with Crippen LogP contribution in [0.3, 0.4) is 0 Å². The highest BCUT2D eigenvalue weighted by molar-refractivity contribution is 9.10. The van der Waals surface area contributed by atoms with E-state index in [0.29, 0.717) is 17.0 Å². The number of hydrogen-bond donors (Lipinski definition) is 2. The van der Waals surface area contributed by atoms with E-state index in [9.17, 15) is 18.8 Å². The Kier molecular flexibility index (Phi) is 7.03. The van der Waals surface area contributed by atoms with Gasteiger partial charge in [-0.3, -0.25) is 14.5 Å². The van der Waals surface area contributed by atoms with Gasteiger partial charge in [-0.2, -0.15) is 0 Å². The molecule has 7 nitrogen and oxygen atoms in total. The lowest BCUT2D eigenvalue weighted by Gasteiger charge is -2.12. The Hall–Kier alpha value is -3.98. The van der Waals surface area contributed by atoms with E-state index in [-0.39, 0.29) is 18.8 Å². The summed E-state index contributed by atoms with van der Waals surface area (Å²) < 4.78 is 19.5. The van der Waals surface area contributed by atoms with Crippen LogP contribution in [0.15, 0.2) is 83.0 Å². The third kappa shape index (κ3) is 5.68. The van der Waals surface area contributed by atoms with Crippen molar-refractivity contribution in [1.29, 1.82) is 0 Å². The van der Waals surface area contributed by atoms with Crippen molar-refractivity contribution in [1.82, 2.24) is 10.2 Å². The smallest absolute Gasteiger partial charge is 0.329 e. The number of amides is 4. The summed E-state index contributed by atoms with van der Waals surface area (Å²) in [5.74, 6) is -0.936. The SMILES string of the molecule is O=C(COc1ccccc1/C=C1/NC(=O)N(Cc2ccc(Br)cc2)C1=O)Nc1ccc(F)cc1. The minimum absolute atomic E-state index is 0.105. The molecule has 0 unspecified atom stereocenters. The lowest BCUT2D eigenvalue weighted by Crippen LogP contribution is -2.30. The van der Waals surface area contributed by atoms with E-state index in [1.54, 1.807) is 24.3 Å². The van der Waals surface area contributed by atoms with Crippen LogP contribution < -0.4 is 15.4 Å². The maximum absolute atomic E-state index is 13.0. The summed E-state index contributed by atoms with van der Waals surface area (Å²) in [6.07, 6.45) is 1.51. The van der Waals surface area contributed by atoms with Gasteiger partial charge in [0.15, 0.2) is 6.61 Å². The van der Waals surface area contributed by atoms with Gasteiger partial charge in [0, 0.05) is 15.7 Å². The maximum atomic E-state index is 13.0. The Bertz CT molecular complexity index is 1260. The molecule has 1 aliphatic heterocycles. The number of halogens is 2. The average Bonchev–Trinajstić information content (AvgIpc) is 3.08. The van der Waals surface area contributed by atoms with Crippen LogP contribution >= 0.6 is 15.9 Å². The van der Waals surface area contributed by atoms with Gasteiger partial charge in [-0.15, -0.1) is 0 Å². The quantitative estimate of drug-likeness (QED) is 0.347. The zero-order valence-corrected chi connectivity index (χ0v) is 19.3. The first-order chi connectivity index (χ1) is 16.4. The summed E-state index contributed by atoms with van der Waals surface area (Å²) in [4.78, 5) is 38.5. The average molecular weight is 524 g/mol. The van der Waals surface area contributed by atoms with Gasteiger partial charge in [0.1, 0.15) is 17.3 Å². The van der Waals surface area contributed by atoms with Gasteiger partial charge in [-0.05, 0) is 54.1 Å². The Morgan fingerprint density at radius 2 is 1.74 bits per heavy atom. The van der Waals surface area contributed by atoms with Crippen molar-refractivity contribution in [2.45, 2.75) is 6.54 Å². The third-order valence-electron chi connectivity index (χ3n) is 4.92. The second kappa shape index (κ2) is 10.3. The monoisotopic (exact) mass is 523 g/mol. The van der Waals surface area contributed by atoms with Crippen molar-refractivity contribution in [3.63, 3.8) is 0 Å². The first-order valence-electron chi connectivity index (χ1n) is 10.3. The van der Waals surface area contributed by atoms with Crippen LogP contribution in [-0.4, -0.2) is 29.4 Å². The molecule has 1 heterocycles. The number of rotatable bonds is 7. The number of anilines is 1. The number of carbonyl (C=O) groups is 3. The van der Waals surface area contributed by atoms with Crippen molar-refractivity contribution in [2.75, 3.05) is 11.9 Å². The van der Waals surface area contributed by atoms with Crippen LogP contribution in [-0.2, 0) is 16.1 Å². The minimum Gasteiger partial charge on any atom is -0.483 e. The normalized spacial score (nSPS) is 14.3. The molecule has 0 radical (unpaired) electrons. The molecule has 9 heteroatoms. The van der Waals surface area contributed by atoms with Gasteiger partial charge < -0.3 is 15.4 Å². The number of imide groups is 1. The van der Waals surface area contributed by atoms with Crippen LogP contribution in [0.1, 0.15) is 11.1 Å². The van der Waals surface area contributed by atoms with Crippen molar-refractivity contribution in [3.8, 4) is 5.75 Å². The topological polar surface area (TPSA) is 87.7 Å². The molecule has 4 rings (SSSR count). The van der Waals surface area contributed by atoms with Gasteiger partial charge in [-0.1, -0.05) is 46.3 Å². The van der Waals surface area contributed by atoms with Gasteiger partial charge >= 0.3 is 6.03 Å². The lowest BCUT2D eigenvalue weighted by atomic mass is 10.1. The molecule has 0 aliphatic carbocycles. The fourth-order valence-electron chi connectivity index (χ4n) is 3.25. The Labute approximate surface area is 203 Å². The van der Waals surface area contributed by atoms with Crippen molar-refractivity contribution in [2.24, 2.45) is 0 Å². The summed E-state index contributed by atoms with van der Waals surface area (Å²) in [6, 6.07) is 19.0. The summed E-state index contributed by atoms with van der Waals surface area (Å²) in [5.41, 5.74) is 1.87. The Morgan fingerprint density at radius 1 is 1.03 bits per heavy atom. The maximum Gasteiger partial charge on any atom is 0.329 e. The van der Waals surface area contributed by atoms with Crippen molar-refractivity contribution >= 4 is 45.5 Å². The van der Waals surface area contributed by atoms with Gasteiger partial charge in [0.05, 0.1) is 6.54 Å². The van der Waals surface area contributed by atoms with E-state index < -0.39 is 23.7 Å². The second-order valence-electron chi connectivity index (χ2n) is 7.39. The number of benzene rings is 3. The van der Waals surface area contributed by atoms with E-state index >= 15 is 0 Å². The molecule has 0 atom stereocenters. The van der Waals surface area contributed by atoms with E-state index in [4.69, 9.17) is 4.74 Å². The Balaban J connectivity index is 1.43. The number of urea groups is 1. The van der Waals surface area contributed by atoms with E-state index in [0.717, 1.165) is 14.9 Å². The molecule has 1 fully saturated rings. The molecule has 1 aliphatic rings. The number of para-hydroxylation sites is 1. The third-order valence-corrected chi connectivity index (χ3v) is 5.45. The first kappa shape index (κ1) is 23.2. The summed E-state index contributed by atoms with van der Waals surface area (Å²) in [7, 11) is 0. The number of ether oxygens (including phenoxy) is 1. The van der Waals surface area contributed by atoms with Crippen LogP contribution in [0.25, 0.3) is 6.08 Å². The molecule has 172 valence electrons. The second-order valence-corrected chi connectivity index (χ2v) is 8.30. The van der Waals surface area contributed by atoms with E-state index in [2.05, 4.69) is 26.6 Å². The lowest BCUT2D eigenvalue weighted by molar-refractivity contribution is -0.123. The molecule has 0 spiro atoms. The minimum atomic E-state index is -0.517. The van der Waals surface area contributed by atoms with Crippen LogP contribution in [0.4, 0.5) is 14.9 Å². The largest absolute Gasteiger partial charge is 0.483 e. The molecule has 0 bridgehead atoms. The highest BCUT2D eigenvalue weighted by atomic mass is 79.9. The molecule has 2 N–H and O–H groups in total. The fourth-order valence-corrected chi connectivity index (χ4v) is 3.51. The Morgan fingerprint density at radius 3 is 2.47 bits per heavy atom. The van der Waals surface area contributed by atoms with Crippen molar-refractivity contribution < 1.29 is 23.5 Å². The highest BCUT2D eigenvalue weighted by Crippen LogP contribution is 2.24. The van der Waals surface area contributed by atoms with Gasteiger partial charge in [0.2, 0.25) is 0 Å². The zero-order chi connectivity index (χ0) is 24.1. The molecule has 3 aromatic carbocycles. The summed E-state index contributed by atoms with van der Waals surface area (Å²) >= 11 is 3.36. The molecule has 1 saturated heterocycles. The number of carbonyl (C=O) groups excluding carboxylic acids is 3. The first-order valence-corrected chi connectivity index (χ1v) is 11.0. The number of nitrogens with zero attached hydrogens (tertiary/aromatic N) is 1. The molecular weight excluding hydrogens is 505 g/mol. The molecule has 0 aromatic heterocycles. The standard InChI is InChI=1S/C25H19BrFN3O4/c26-18-7-5-16(6-8-18)14-30-24(32)21(29-25(30)33)13-17-3-1-2-4-22(17)34-15-23(31)28-20-11-9-19(27)10-12-20/h1-13H,14-15H2,(H,28,31)(H,29,33)/b21-13+. The number of hydrogen-bond acceptors (Lipinski definition) is 4. The van der Waals surface area contributed by atoms with Gasteiger partial charge in [0.25, 0.3) is 11.8 Å². The van der Waals surface area contributed by atoms with E-state index in [1.807, 2.05) is 24.3 Å². The molecule has 0 saturated carbocycles. The van der Waals surface area contributed by atoms with Crippen LogP contribution in [0, 0.1) is 5.82 Å². The van der Waals surface area contributed by atoms with Gasteiger partial charge in [-0.25, -0.2) is 9.18 Å². The molecule has 4 amide bonds. The van der Waals surface area contributed by atoms with Crippen molar-refractivity contribution in [3.05, 3.63) is 99.9 Å². The summed E-state index contributed by atoms with van der Waals surface area (Å²) in [5, 5.41) is 5.20. The number of nitrogens with one attached hydrogen (secondary N) is 2. The fraction of sp³-hybridized carbons (Fsp3) is 0.0800. The van der Waals surface area contributed by atoms with Crippen LogP contribution in [0.5, 0.6) is 5.75 Å². The van der Waals surface area contributed by atoms with Crippen LogP contribution in [0.2, 0.25) is 0 Å². The highest BCUT2D eigenvalue weighted by Gasteiger charge is 2.33. The van der Waals surface area contributed by atoms with E-state index in [1.165, 1.54) is 30.3 Å². The predicted molar refractivity (Wildman–Crippen MR) is 128 cm³/mol. The zero-order valence-electron chi connectivity index (χ0n) is 17.8. The summed E-state index contributed by atoms with van der Waals surface area (Å²) in [6.45, 7) is -0.162. The molecular formula is C25H19BrFN3O4. The predicted octanol–water partition coefficient (Wildman–Crippen LogP) is 4.70.